The second kappa shape index (κ2) is 5.16. The third-order valence-corrected chi connectivity index (χ3v) is 5.58. The number of thiophene rings is 1. The van der Waals surface area contributed by atoms with Crippen LogP contribution in [-0.4, -0.2) is 13.4 Å². The van der Waals surface area contributed by atoms with Gasteiger partial charge in [-0.15, -0.1) is 11.3 Å². The largest absolute Gasteiger partial charge is 0.272 e. The molecule has 2 rings (SSSR count). The van der Waals surface area contributed by atoms with E-state index in [0.29, 0.717) is 10.2 Å². The van der Waals surface area contributed by atoms with Crippen LogP contribution in [0.25, 0.3) is 0 Å². The quantitative estimate of drug-likeness (QED) is 0.900. The molecule has 0 aliphatic rings. The predicted octanol–water partition coefficient (Wildman–Crippen LogP) is 3.67. The standard InChI is InChI=1S/C10H8BrClN2O2S2/c1-6-4-7(11)5-13-10(6)14-18(15,16)9-3-2-8(12)17-9/h2-5H,1H3,(H,13,14). The van der Waals surface area contributed by atoms with E-state index < -0.39 is 10.0 Å². The molecule has 0 aliphatic carbocycles. The number of hydrogen-bond donors (Lipinski definition) is 1. The van der Waals surface area contributed by atoms with Gasteiger partial charge in [-0.05, 0) is 46.6 Å². The lowest BCUT2D eigenvalue weighted by Crippen LogP contribution is -2.13. The van der Waals surface area contributed by atoms with Crippen molar-refractivity contribution in [2.75, 3.05) is 4.72 Å². The number of halogens is 2. The Morgan fingerprint density at radius 1 is 1.44 bits per heavy atom. The summed E-state index contributed by atoms with van der Waals surface area (Å²) in [5.74, 6) is 0.308. The van der Waals surface area contributed by atoms with E-state index in [1.807, 2.05) is 0 Å². The average molecular weight is 368 g/mol. The Morgan fingerprint density at radius 2 is 2.17 bits per heavy atom. The molecule has 0 atom stereocenters. The normalized spacial score (nSPS) is 11.5. The number of anilines is 1. The van der Waals surface area contributed by atoms with Gasteiger partial charge < -0.3 is 0 Å². The summed E-state index contributed by atoms with van der Waals surface area (Å²) in [4.78, 5) is 4.03. The van der Waals surface area contributed by atoms with Crippen molar-refractivity contribution in [2.24, 2.45) is 0 Å². The molecule has 0 aromatic carbocycles. The zero-order valence-corrected chi connectivity index (χ0v) is 13.1. The minimum atomic E-state index is -3.62. The van der Waals surface area contributed by atoms with Crippen molar-refractivity contribution in [1.29, 1.82) is 0 Å². The van der Waals surface area contributed by atoms with Crippen molar-refractivity contribution in [3.8, 4) is 0 Å². The fraction of sp³-hybridized carbons (Fsp3) is 0.100. The molecule has 8 heteroatoms. The van der Waals surface area contributed by atoms with Crippen LogP contribution in [0.2, 0.25) is 4.34 Å². The summed E-state index contributed by atoms with van der Waals surface area (Å²) in [7, 11) is -3.62. The molecule has 0 aliphatic heterocycles. The Balaban J connectivity index is 2.33. The number of nitrogens with one attached hydrogen (secondary N) is 1. The van der Waals surface area contributed by atoms with Crippen molar-refractivity contribution in [2.45, 2.75) is 11.1 Å². The van der Waals surface area contributed by atoms with Gasteiger partial charge in [0.1, 0.15) is 10.0 Å². The predicted molar refractivity (Wildman–Crippen MR) is 76.8 cm³/mol. The van der Waals surface area contributed by atoms with E-state index in [1.54, 1.807) is 19.1 Å². The lowest BCUT2D eigenvalue weighted by atomic mass is 10.3. The number of rotatable bonds is 3. The van der Waals surface area contributed by atoms with E-state index in [0.717, 1.165) is 21.4 Å². The molecule has 0 saturated heterocycles. The van der Waals surface area contributed by atoms with Gasteiger partial charge in [-0.2, -0.15) is 0 Å². The molecule has 96 valence electrons. The van der Waals surface area contributed by atoms with Gasteiger partial charge >= 0.3 is 0 Å². The van der Waals surface area contributed by atoms with Gasteiger partial charge in [0.15, 0.2) is 0 Å². The second-order valence-corrected chi connectivity index (χ2v) is 8.02. The molecule has 0 amide bonds. The zero-order valence-electron chi connectivity index (χ0n) is 9.15. The molecular weight excluding hydrogens is 360 g/mol. The highest BCUT2D eigenvalue weighted by Crippen LogP contribution is 2.27. The molecule has 2 aromatic rings. The topological polar surface area (TPSA) is 59.1 Å². The van der Waals surface area contributed by atoms with Gasteiger partial charge in [0.05, 0.1) is 4.34 Å². The highest BCUT2D eigenvalue weighted by Gasteiger charge is 2.18. The van der Waals surface area contributed by atoms with Crippen molar-refractivity contribution in [3.63, 3.8) is 0 Å². The SMILES string of the molecule is Cc1cc(Br)cnc1NS(=O)(=O)c1ccc(Cl)s1. The van der Waals surface area contributed by atoms with E-state index in [-0.39, 0.29) is 4.21 Å². The Kier molecular flexibility index (Phi) is 3.96. The maximum Gasteiger partial charge on any atom is 0.272 e. The van der Waals surface area contributed by atoms with Crippen LogP contribution in [0.5, 0.6) is 0 Å². The van der Waals surface area contributed by atoms with Crippen LogP contribution >= 0.6 is 38.9 Å². The minimum Gasteiger partial charge on any atom is -0.262 e. The van der Waals surface area contributed by atoms with Crippen LogP contribution in [0.1, 0.15) is 5.56 Å². The summed E-state index contributed by atoms with van der Waals surface area (Å²) >= 11 is 10.00. The van der Waals surface area contributed by atoms with Crippen LogP contribution in [0, 0.1) is 6.92 Å². The number of nitrogens with zero attached hydrogens (tertiary/aromatic N) is 1. The number of aryl methyl sites for hydroxylation is 1. The highest BCUT2D eigenvalue weighted by atomic mass is 79.9. The molecule has 0 spiro atoms. The first-order chi connectivity index (χ1) is 8.38. The number of sulfonamides is 1. The van der Waals surface area contributed by atoms with Crippen molar-refractivity contribution in [3.05, 3.63) is 38.8 Å². The van der Waals surface area contributed by atoms with E-state index >= 15 is 0 Å². The van der Waals surface area contributed by atoms with Gasteiger partial charge in [-0.1, -0.05) is 11.6 Å². The minimum absolute atomic E-state index is 0.164. The molecule has 18 heavy (non-hydrogen) atoms. The monoisotopic (exact) mass is 366 g/mol. The van der Waals surface area contributed by atoms with Gasteiger partial charge in [-0.3, -0.25) is 4.72 Å². The number of aromatic nitrogens is 1. The highest BCUT2D eigenvalue weighted by molar-refractivity contribution is 9.10. The first-order valence-electron chi connectivity index (χ1n) is 4.79. The lowest BCUT2D eigenvalue weighted by Gasteiger charge is -2.08. The molecule has 0 bridgehead atoms. The molecule has 2 aromatic heterocycles. The van der Waals surface area contributed by atoms with Crippen molar-refractivity contribution < 1.29 is 8.42 Å². The fourth-order valence-corrected chi connectivity index (χ4v) is 4.28. The first-order valence-corrected chi connectivity index (χ1v) is 8.26. The van der Waals surface area contributed by atoms with E-state index in [4.69, 9.17) is 11.6 Å². The first kappa shape index (κ1) is 13.8. The molecule has 0 saturated carbocycles. The van der Waals surface area contributed by atoms with E-state index in [1.165, 1.54) is 12.3 Å². The third-order valence-electron chi connectivity index (χ3n) is 2.09. The molecule has 0 fully saturated rings. The third kappa shape index (κ3) is 3.03. The van der Waals surface area contributed by atoms with E-state index in [2.05, 4.69) is 25.6 Å². The fourth-order valence-electron chi connectivity index (χ4n) is 1.27. The summed E-state index contributed by atoms with van der Waals surface area (Å²) in [6, 6.07) is 4.79. The molecule has 1 N–H and O–H groups in total. The maximum absolute atomic E-state index is 12.0. The molecular formula is C10H8BrClN2O2S2. The van der Waals surface area contributed by atoms with Crippen LogP contribution in [0.4, 0.5) is 5.82 Å². The molecule has 0 radical (unpaired) electrons. The Bertz CT molecular complexity index is 685. The van der Waals surface area contributed by atoms with Crippen LogP contribution in [0.15, 0.2) is 33.1 Å². The van der Waals surface area contributed by atoms with Gasteiger partial charge in [0.25, 0.3) is 10.0 Å². The Labute approximate surface area is 122 Å². The smallest absolute Gasteiger partial charge is 0.262 e. The van der Waals surface area contributed by atoms with E-state index in [9.17, 15) is 8.42 Å². The molecule has 0 unspecified atom stereocenters. The lowest BCUT2D eigenvalue weighted by molar-refractivity contribution is 0.603. The Morgan fingerprint density at radius 3 is 2.72 bits per heavy atom. The van der Waals surface area contributed by atoms with Crippen molar-refractivity contribution in [1.82, 2.24) is 4.98 Å². The summed E-state index contributed by atoms with van der Waals surface area (Å²) in [5.41, 5.74) is 0.732. The van der Waals surface area contributed by atoms with Crippen LogP contribution in [-0.2, 0) is 10.0 Å². The molecule has 4 nitrogen and oxygen atoms in total. The summed E-state index contributed by atoms with van der Waals surface area (Å²) < 4.78 is 27.9. The number of hydrogen-bond acceptors (Lipinski definition) is 4. The summed E-state index contributed by atoms with van der Waals surface area (Å²) in [6.07, 6.45) is 1.53. The van der Waals surface area contributed by atoms with Crippen molar-refractivity contribution >= 4 is 54.7 Å². The molecule has 2 heterocycles. The van der Waals surface area contributed by atoms with Gasteiger partial charge in [0, 0.05) is 10.7 Å². The number of pyridine rings is 1. The zero-order chi connectivity index (χ0) is 13.3. The van der Waals surface area contributed by atoms with Gasteiger partial charge in [-0.25, -0.2) is 13.4 Å². The van der Waals surface area contributed by atoms with Gasteiger partial charge in [0.2, 0.25) is 0 Å². The Hall–Kier alpha value is -0.630. The maximum atomic E-state index is 12.0. The van der Waals surface area contributed by atoms with Crippen LogP contribution < -0.4 is 4.72 Å². The van der Waals surface area contributed by atoms with Crippen LogP contribution in [0.3, 0.4) is 0 Å². The average Bonchev–Trinajstić information content (AvgIpc) is 2.70. The summed E-state index contributed by atoms with van der Waals surface area (Å²) in [5, 5.41) is 0. The summed E-state index contributed by atoms with van der Waals surface area (Å²) in [6.45, 7) is 1.77. The second-order valence-electron chi connectivity index (χ2n) is 3.48.